The lowest BCUT2D eigenvalue weighted by atomic mass is 10.4. The standard InChI is InChI=1S/C13H27NO3/c1-3-5-9-16-11-7-14(13-15)8-12-17-10-6-4-2/h13H,3-12H2,1-2H3. The van der Waals surface area contributed by atoms with Crippen molar-refractivity contribution in [3.8, 4) is 0 Å². The molecule has 0 rings (SSSR count). The highest BCUT2D eigenvalue weighted by atomic mass is 16.5. The number of unbranched alkanes of at least 4 members (excludes halogenated alkanes) is 2. The van der Waals surface area contributed by atoms with E-state index in [9.17, 15) is 4.79 Å². The molecule has 0 saturated carbocycles. The molecular formula is C13H27NO3. The fourth-order valence-electron chi connectivity index (χ4n) is 1.28. The monoisotopic (exact) mass is 245 g/mol. The van der Waals surface area contributed by atoms with Crippen molar-refractivity contribution >= 4 is 6.41 Å². The lowest BCUT2D eigenvalue weighted by molar-refractivity contribution is -0.119. The van der Waals surface area contributed by atoms with E-state index in [1.807, 2.05) is 0 Å². The Morgan fingerprint density at radius 1 is 0.882 bits per heavy atom. The predicted octanol–water partition coefficient (Wildman–Crippen LogP) is 2.08. The summed E-state index contributed by atoms with van der Waals surface area (Å²) in [6, 6.07) is 0. The largest absolute Gasteiger partial charge is 0.380 e. The van der Waals surface area contributed by atoms with Crippen LogP contribution in [-0.4, -0.2) is 50.8 Å². The van der Waals surface area contributed by atoms with Crippen LogP contribution < -0.4 is 0 Å². The number of carbonyl (C=O) groups excluding carboxylic acids is 1. The van der Waals surface area contributed by atoms with Crippen molar-refractivity contribution in [2.45, 2.75) is 39.5 Å². The van der Waals surface area contributed by atoms with E-state index < -0.39 is 0 Å². The van der Waals surface area contributed by atoms with Crippen molar-refractivity contribution in [1.82, 2.24) is 4.90 Å². The number of carbonyl (C=O) groups is 1. The number of hydrogen-bond donors (Lipinski definition) is 0. The van der Waals surface area contributed by atoms with Crippen molar-refractivity contribution in [1.29, 1.82) is 0 Å². The summed E-state index contributed by atoms with van der Waals surface area (Å²) in [4.78, 5) is 12.5. The Labute approximate surface area is 105 Å². The van der Waals surface area contributed by atoms with Gasteiger partial charge in [0.2, 0.25) is 6.41 Å². The molecule has 0 aromatic heterocycles. The second-order valence-electron chi connectivity index (χ2n) is 4.07. The summed E-state index contributed by atoms with van der Waals surface area (Å²) in [6.07, 6.45) is 5.32. The fourth-order valence-corrected chi connectivity index (χ4v) is 1.28. The van der Waals surface area contributed by atoms with Gasteiger partial charge in [0.1, 0.15) is 0 Å². The van der Waals surface area contributed by atoms with E-state index in [2.05, 4.69) is 13.8 Å². The quantitative estimate of drug-likeness (QED) is 0.368. The molecule has 4 nitrogen and oxygen atoms in total. The number of hydrogen-bond acceptors (Lipinski definition) is 3. The zero-order valence-corrected chi connectivity index (χ0v) is 11.3. The molecule has 1 amide bonds. The summed E-state index contributed by atoms with van der Waals surface area (Å²) >= 11 is 0. The molecule has 0 saturated heterocycles. The maximum atomic E-state index is 10.8. The van der Waals surface area contributed by atoms with Crippen LogP contribution in [0.4, 0.5) is 0 Å². The zero-order chi connectivity index (χ0) is 12.8. The van der Waals surface area contributed by atoms with Gasteiger partial charge >= 0.3 is 0 Å². The SMILES string of the molecule is CCCCOCCN(C=O)CCOCCCC. The summed E-state index contributed by atoms with van der Waals surface area (Å²) in [5.41, 5.74) is 0. The molecule has 0 atom stereocenters. The Morgan fingerprint density at radius 3 is 1.71 bits per heavy atom. The Kier molecular flexibility index (Phi) is 13.0. The Hall–Kier alpha value is -0.610. The van der Waals surface area contributed by atoms with Crippen LogP contribution in [0.2, 0.25) is 0 Å². The smallest absolute Gasteiger partial charge is 0.209 e. The van der Waals surface area contributed by atoms with E-state index >= 15 is 0 Å². The first kappa shape index (κ1) is 16.4. The fraction of sp³-hybridized carbons (Fsp3) is 0.923. The molecule has 4 heteroatoms. The summed E-state index contributed by atoms with van der Waals surface area (Å²) in [5, 5.41) is 0. The number of ether oxygens (including phenoxy) is 2. The van der Waals surface area contributed by atoms with Crippen LogP contribution in [0.1, 0.15) is 39.5 Å². The van der Waals surface area contributed by atoms with Gasteiger partial charge in [-0.1, -0.05) is 26.7 Å². The van der Waals surface area contributed by atoms with Crippen LogP contribution >= 0.6 is 0 Å². The van der Waals surface area contributed by atoms with Crippen LogP contribution in [0.3, 0.4) is 0 Å². The van der Waals surface area contributed by atoms with E-state index in [-0.39, 0.29) is 0 Å². The second kappa shape index (κ2) is 13.5. The Bertz CT molecular complexity index is 151. The van der Waals surface area contributed by atoms with Crippen LogP contribution in [0.15, 0.2) is 0 Å². The van der Waals surface area contributed by atoms with Gasteiger partial charge in [-0.25, -0.2) is 0 Å². The maximum absolute atomic E-state index is 10.8. The molecule has 0 N–H and O–H groups in total. The Morgan fingerprint density at radius 2 is 1.35 bits per heavy atom. The minimum Gasteiger partial charge on any atom is -0.380 e. The lowest BCUT2D eigenvalue weighted by Crippen LogP contribution is -2.30. The van der Waals surface area contributed by atoms with Crippen LogP contribution in [-0.2, 0) is 14.3 Å². The molecule has 0 fully saturated rings. The number of amides is 1. The molecule has 0 bridgehead atoms. The molecule has 0 spiro atoms. The molecule has 102 valence electrons. The molecule has 17 heavy (non-hydrogen) atoms. The molecule has 0 aromatic rings. The van der Waals surface area contributed by atoms with Crippen LogP contribution in [0.5, 0.6) is 0 Å². The van der Waals surface area contributed by atoms with Gasteiger partial charge in [0, 0.05) is 26.3 Å². The zero-order valence-electron chi connectivity index (χ0n) is 11.3. The molecule has 0 radical (unpaired) electrons. The minimum atomic E-state index is 0.619. The molecular weight excluding hydrogens is 218 g/mol. The molecule has 0 aliphatic rings. The van der Waals surface area contributed by atoms with E-state index in [4.69, 9.17) is 9.47 Å². The molecule has 0 heterocycles. The number of nitrogens with zero attached hydrogens (tertiary/aromatic N) is 1. The average molecular weight is 245 g/mol. The topological polar surface area (TPSA) is 38.8 Å². The van der Waals surface area contributed by atoms with E-state index in [0.29, 0.717) is 26.3 Å². The summed E-state index contributed by atoms with van der Waals surface area (Å²) in [5.74, 6) is 0. The van der Waals surface area contributed by atoms with Crippen LogP contribution in [0, 0.1) is 0 Å². The van der Waals surface area contributed by atoms with Gasteiger partial charge in [-0.3, -0.25) is 4.79 Å². The predicted molar refractivity (Wildman–Crippen MR) is 69.1 cm³/mol. The molecule has 0 aliphatic heterocycles. The van der Waals surface area contributed by atoms with Gasteiger partial charge in [0.15, 0.2) is 0 Å². The molecule has 0 aliphatic carbocycles. The van der Waals surface area contributed by atoms with Gasteiger partial charge < -0.3 is 14.4 Å². The Balaban J connectivity index is 3.33. The van der Waals surface area contributed by atoms with Gasteiger partial charge in [-0.15, -0.1) is 0 Å². The summed E-state index contributed by atoms with van der Waals surface area (Å²) < 4.78 is 10.8. The van der Waals surface area contributed by atoms with E-state index in [0.717, 1.165) is 45.3 Å². The third-order valence-corrected chi connectivity index (χ3v) is 2.48. The summed E-state index contributed by atoms with van der Waals surface area (Å²) in [7, 11) is 0. The third-order valence-electron chi connectivity index (χ3n) is 2.48. The van der Waals surface area contributed by atoms with Gasteiger partial charge in [0.05, 0.1) is 13.2 Å². The second-order valence-corrected chi connectivity index (χ2v) is 4.07. The first-order valence-electron chi connectivity index (χ1n) is 6.70. The van der Waals surface area contributed by atoms with Crippen molar-refractivity contribution in [2.75, 3.05) is 39.5 Å². The summed E-state index contributed by atoms with van der Waals surface area (Å²) in [6.45, 7) is 8.39. The molecule has 0 aromatic carbocycles. The van der Waals surface area contributed by atoms with Crippen LogP contribution in [0.25, 0.3) is 0 Å². The first-order chi connectivity index (χ1) is 8.35. The van der Waals surface area contributed by atoms with Crippen molar-refractivity contribution in [3.05, 3.63) is 0 Å². The highest BCUT2D eigenvalue weighted by Gasteiger charge is 2.00. The normalized spacial score (nSPS) is 10.5. The highest BCUT2D eigenvalue weighted by molar-refractivity contribution is 5.46. The van der Waals surface area contributed by atoms with Crippen molar-refractivity contribution in [2.24, 2.45) is 0 Å². The average Bonchev–Trinajstić information content (AvgIpc) is 2.36. The number of rotatable bonds is 13. The van der Waals surface area contributed by atoms with Crippen molar-refractivity contribution < 1.29 is 14.3 Å². The lowest BCUT2D eigenvalue weighted by Gasteiger charge is -2.17. The van der Waals surface area contributed by atoms with Crippen molar-refractivity contribution in [3.63, 3.8) is 0 Å². The highest BCUT2D eigenvalue weighted by Crippen LogP contribution is 1.91. The third kappa shape index (κ3) is 11.6. The van der Waals surface area contributed by atoms with Gasteiger partial charge in [-0.2, -0.15) is 0 Å². The minimum absolute atomic E-state index is 0.619. The van der Waals surface area contributed by atoms with E-state index in [1.54, 1.807) is 4.90 Å². The van der Waals surface area contributed by atoms with Gasteiger partial charge in [0.25, 0.3) is 0 Å². The van der Waals surface area contributed by atoms with Gasteiger partial charge in [-0.05, 0) is 12.8 Å². The first-order valence-corrected chi connectivity index (χ1v) is 6.70. The molecule has 0 unspecified atom stereocenters. The van der Waals surface area contributed by atoms with E-state index in [1.165, 1.54) is 0 Å². The maximum Gasteiger partial charge on any atom is 0.209 e.